The molecule has 0 saturated heterocycles. The molecule has 0 saturated carbocycles. The number of rotatable bonds is 13. The molecule has 1 amide bonds. The van der Waals surface area contributed by atoms with Gasteiger partial charge in [-0.3, -0.25) is 9.79 Å². The smallest absolute Gasteiger partial charge is 0.230 e. The first-order valence-corrected chi connectivity index (χ1v) is 10.6. The van der Waals surface area contributed by atoms with Gasteiger partial charge in [-0.2, -0.15) is 0 Å². The zero-order valence-electron chi connectivity index (χ0n) is 16.6. The highest BCUT2D eigenvalue weighted by Crippen LogP contribution is 2.15. The number of nitrogens with zero attached hydrogens (tertiary/aromatic N) is 2. The second kappa shape index (κ2) is 14.3. The van der Waals surface area contributed by atoms with Gasteiger partial charge in [0.15, 0.2) is 0 Å². The second-order valence-corrected chi connectivity index (χ2v) is 7.54. The fourth-order valence-electron chi connectivity index (χ4n) is 3.47. The summed E-state index contributed by atoms with van der Waals surface area (Å²) in [6.07, 6.45) is 15.6. The SMILES string of the molecule is CCCCCCCCCCCCCC(O)N1CCCN=C(C)CC1=O. The molecule has 146 valence electrons. The number of carbonyl (C=O) groups is 1. The fourth-order valence-corrected chi connectivity index (χ4v) is 3.47. The normalized spacial score (nSPS) is 17.2. The molecule has 0 bridgehead atoms. The fraction of sp³-hybridized carbons (Fsp3) is 0.905. The minimum absolute atomic E-state index is 0.0246. The van der Waals surface area contributed by atoms with E-state index in [0.717, 1.165) is 31.5 Å². The maximum atomic E-state index is 12.2. The molecule has 0 aromatic heterocycles. The van der Waals surface area contributed by atoms with Gasteiger partial charge in [0, 0.05) is 18.8 Å². The molecular formula is C21H40N2O2. The largest absolute Gasteiger partial charge is 0.374 e. The average molecular weight is 353 g/mol. The molecular weight excluding hydrogens is 312 g/mol. The predicted molar refractivity (Wildman–Crippen MR) is 106 cm³/mol. The summed E-state index contributed by atoms with van der Waals surface area (Å²) in [6.45, 7) is 5.56. The van der Waals surface area contributed by atoms with Crippen molar-refractivity contribution in [2.45, 2.75) is 110 Å². The van der Waals surface area contributed by atoms with Crippen LogP contribution in [-0.2, 0) is 4.79 Å². The summed E-state index contributed by atoms with van der Waals surface area (Å²) >= 11 is 0. The van der Waals surface area contributed by atoms with Crippen molar-refractivity contribution in [1.82, 2.24) is 4.90 Å². The summed E-state index contributed by atoms with van der Waals surface area (Å²) in [6, 6.07) is 0. The number of hydrogen-bond donors (Lipinski definition) is 1. The molecule has 4 heteroatoms. The lowest BCUT2D eigenvalue weighted by atomic mass is 10.0. The van der Waals surface area contributed by atoms with Gasteiger partial charge in [-0.1, -0.05) is 71.1 Å². The molecule has 0 aromatic rings. The van der Waals surface area contributed by atoms with Crippen LogP contribution in [0.3, 0.4) is 0 Å². The Labute approximate surface area is 155 Å². The highest BCUT2D eigenvalue weighted by atomic mass is 16.3. The summed E-state index contributed by atoms with van der Waals surface area (Å²) in [5.74, 6) is 0.0246. The number of amides is 1. The van der Waals surface area contributed by atoms with Crippen molar-refractivity contribution in [3.8, 4) is 0 Å². The maximum absolute atomic E-state index is 12.2. The topological polar surface area (TPSA) is 52.9 Å². The number of unbranched alkanes of at least 4 members (excludes halogenated alkanes) is 10. The van der Waals surface area contributed by atoms with Gasteiger partial charge in [-0.25, -0.2) is 0 Å². The van der Waals surface area contributed by atoms with E-state index in [9.17, 15) is 9.90 Å². The number of hydrogen-bond acceptors (Lipinski definition) is 3. The van der Waals surface area contributed by atoms with E-state index in [2.05, 4.69) is 11.9 Å². The highest BCUT2D eigenvalue weighted by molar-refractivity contribution is 6.00. The molecule has 1 aliphatic heterocycles. The van der Waals surface area contributed by atoms with Crippen LogP contribution in [0, 0.1) is 0 Å². The van der Waals surface area contributed by atoms with Crippen molar-refractivity contribution in [3.05, 3.63) is 0 Å². The lowest BCUT2D eigenvalue weighted by molar-refractivity contribution is -0.140. The van der Waals surface area contributed by atoms with Gasteiger partial charge in [0.25, 0.3) is 0 Å². The molecule has 4 nitrogen and oxygen atoms in total. The van der Waals surface area contributed by atoms with Gasteiger partial charge in [0.05, 0.1) is 6.42 Å². The zero-order chi connectivity index (χ0) is 18.3. The molecule has 0 aliphatic carbocycles. The standard InChI is InChI=1S/C21H40N2O2/c1-3-4-5-6-7-8-9-10-11-12-13-15-20(24)23-17-14-16-22-19(2)18-21(23)25/h20,24H,3-18H2,1-2H3. The Balaban J connectivity index is 2.03. The van der Waals surface area contributed by atoms with Crippen LogP contribution in [0.15, 0.2) is 4.99 Å². The van der Waals surface area contributed by atoms with Gasteiger partial charge in [-0.15, -0.1) is 0 Å². The van der Waals surface area contributed by atoms with Crippen molar-refractivity contribution in [2.24, 2.45) is 4.99 Å². The van der Waals surface area contributed by atoms with Crippen LogP contribution in [-0.4, -0.2) is 40.9 Å². The van der Waals surface area contributed by atoms with Crippen LogP contribution < -0.4 is 0 Å². The third-order valence-electron chi connectivity index (χ3n) is 5.09. The van der Waals surface area contributed by atoms with Crippen LogP contribution in [0.1, 0.15) is 104 Å². The molecule has 1 N–H and O–H groups in total. The molecule has 1 unspecified atom stereocenters. The van der Waals surface area contributed by atoms with Gasteiger partial charge in [-0.05, 0) is 26.2 Å². The third-order valence-corrected chi connectivity index (χ3v) is 5.09. The summed E-state index contributed by atoms with van der Waals surface area (Å²) in [4.78, 5) is 18.2. The molecule has 1 atom stereocenters. The Hall–Kier alpha value is -0.900. The number of aliphatic hydroxyl groups is 1. The highest BCUT2D eigenvalue weighted by Gasteiger charge is 2.22. The van der Waals surface area contributed by atoms with Gasteiger partial charge in [0.1, 0.15) is 6.23 Å². The number of aliphatic hydroxyl groups excluding tert-OH is 1. The van der Waals surface area contributed by atoms with Crippen LogP contribution in [0.4, 0.5) is 0 Å². The first-order valence-electron chi connectivity index (χ1n) is 10.6. The molecule has 0 spiro atoms. The van der Waals surface area contributed by atoms with Crippen LogP contribution in [0.25, 0.3) is 0 Å². The molecule has 0 fully saturated rings. The Kier molecular flexibility index (Phi) is 12.7. The van der Waals surface area contributed by atoms with E-state index in [1.54, 1.807) is 4.90 Å². The van der Waals surface area contributed by atoms with E-state index in [4.69, 9.17) is 0 Å². The second-order valence-electron chi connectivity index (χ2n) is 7.54. The quantitative estimate of drug-likeness (QED) is 0.469. The van der Waals surface area contributed by atoms with E-state index < -0.39 is 6.23 Å². The first-order chi connectivity index (χ1) is 12.1. The predicted octanol–water partition coefficient (Wildman–Crippen LogP) is 5.09. The van der Waals surface area contributed by atoms with Crippen molar-refractivity contribution in [3.63, 3.8) is 0 Å². The van der Waals surface area contributed by atoms with Crippen LogP contribution in [0.5, 0.6) is 0 Å². The van der Waals surface area contributed by atoms with Crippen molar-refractivity contribution >= 4 is 11.6 Å². The van der Waals surface area contributed by atoms with E-state index in [1.807, 2.05) is 6.92 Å². The third kappa shape index (κ3) is 10.6. The van der Waals surface area contributed by atoms with Crippen molar-refractivity contribution < 1.29 is 9.90 Å². The molecule has 0 radical (unpaired) electrons. The van der Waals surface area contributed by atoms with E-state index in [0.29, 0.717) is 19.4 Å². The Morgan fingerprint density at radius 2 is 1.56 bits per heavy atom. The Morgan fingerprint density at radius 1 is 1.00 bits per heavy atom. The monoisotopic (exact) mass is 352 g/mol. The first kappa shape index (κ1) is 22.1. The van der Waals surface area contributed by atoms with Gasteiger partial charge >= 0.3 is 0 Å². The average Bonchev–Trinajstić information content (AvgIpc) is 2.57. The van der Waals surface area contributed by atoms with Crippen LogP contribution >= 0.6 is 0 Å². The Bertz CT molecular complexity index is 382. The molecule has 1 rings (SSSR count). The van der Waals surface area contributed by atoms with Gasteiger partial charge in [0.2, 0.25) is 5.91 Å². The van der Waals surface area contributed by atoms with E-state index in [1.165, 1.54) is 57.8 Å². The minimum atomic E-state index is -0.614. The van der Waals surface area contributed by atoms with E-state index >= 15 is 0 Å². The molecule has 0 aromatic carbocycles. The molecule has 1 aliphatic rings. The zero-order valence-corrected chi connectivity index (χ0v) is 16.6. The van der Waals surface area contributed by atoms with Gasteiger partial charge < -0.3 is 10.0 Å². The Morgan fingerprint density at radius 3 is 2.16 bits per heavy atom. The lowest BCUT2D eigenvalue weighted by Crippen LogP contribution is -2.42. The summed E-state index contributed by atoms with van der Waals surface area (Å²) < 4.78 is 0. The minimum Gasteiger partial charge on any atom is -0.374 e. The van der Waals surface area contributed by atoms with Crippen molar-refractivity contribution in [1.29, 1.82) is 0 Å². The van der Waals surface area contributed by atoms with Crippen LogP contribution in [0.2, 0.25) is 0 Å². The van der Waals surface area contributed by atoms with Crippen molar-refractivity contribution in [2.75, 3.05) is 13.1 Å². The number of aliphatic imine (C=N–C) groups is 1. The number of carbonyl (C=O) groups excluding carboxylic acids is 1. The maximum Gasteiger partial charge on any atom is 0.230 e. The lowest BCUT2D eigenvalue weighted by Gasteiger charge is -2.29. The summed E-state index contributed by atoms with van der Waals surface area (Å²) in [5.41, 5.74) is 0.886. The molecule has 1 heterocycles. The summed E-state index contributed by atoms with van der Waals surface area (Å²) in [5, 5.41) is 10.4. The summed E-state index contributed by atoms with van der Waals surface area (Å²) in [7, 11) is 0. The molecule has 25 heavy (non-hydrogen) atoms. The van der Waals surface area contributed by atoms with E-state index in [-0.39, 0.29) is 5.91 Å².